The van der Waals surface area contributed by atoms with Crippen molar-refractivity contribution >= 4 is 35.2 Å². The van der Waals surface area contributed by atoms with Crippen LogP contribution in [0.15, 0.2) is 37.4 Å². The first-order chi connectivity index (χ1) is 4.88. The standard InChI is InChI=1S/C10H10.Mg/c1-3-9-7-5-6-8-10(9)4-2;/h3-8H,1-2H2;. The summed E-state index contributed by atoms with van der Waals surface area (Å²) in [5, 5.41) is 0. The first-order valence-electron chi connectivity index (χ1n) is 3.22. The predicted octanol–water partition coefficient (Wildman–Crippen LogP) is 2.59. The summed E-state index contributed by atoms with van der Waals surface area (Å²) in [6.07, 6.45) is 3.66. The van der Waals surface area contributed by atoms with E-state index in [1.807, 2.05) is 36.4 Å². The highest BCUT2D eigenvalue weighted by atomic mass is 24.3. The van der Waals surface area contributed by atoms with Crippen LogP contribution in [0.1, 0.15) is 11.1 Å². The fourth-order valence-electron chi connectivity index (χ4n) is 0.883. The molecule has 0 fully saturated rings. The van der Waals surface area contributed by atoms with Crippen molar-refractivity contribution in [3.05, 3.63) is 48.6 Å². The van der Waals surface area contributed by atoms with Crippen LogP contribution in [0.5, 0.6) is 0 Å². The Morgan fingerprint density at radius 3 is 1.55 bits per heavy atom. The lowest BCUT2D eigenvalue weighted by Crippen LogP contribution is -1.76. The summed E-state index contributed by atoms with van der Waals surface area (Å²) >= 11 is 0. The summed E-state index contributed by atoms with van der Waals surface area (Å²) in [6, 6.07) is 8.02. The average Bonchev–Trinajstić information content (AvgIpc) is 2.04. The van der Waals surface area contributed by atoms with Crippen LogP contribution in [0.2, 0.25) is 0 Å². The number of rotatable bonds is 2. The van der Waals surface area contributed by atoms with Gasteiger partial charge in [-0.15, -0.1) is 0 Å². The molecule has 0 heterocycles. The van der Waals surface area contributed by atoms with Gasteiger partial charge in [0, 0.05) is 23.1 Å². The second kappa shape index (κ2) is 5.16. The quantitative estimate of drug-likeness (QED) is 0.575. The monoisotopic (exact) mass is 154 g/mol. The number of hydrogen-bond acceptors (Lipinski definition) is 0. The molecule has 1 aromatic rings. The smallest absolute Gasteiger partial charge is 0 e. The Kier molecular flexibility index (Phi) is 4.91. The van der Waals surface area contributed by atoms with Crippen molar-refractivity contribution < 1.29 is 0 Å². The molecule has 1 rings (SSSR count). The van der Waals surface area contributed by atoms with Gasteiger partial charge in [-0.25, -0.2) is 0 Å². The molecule has 52 valence electrons. The molecule has 0 aliphatic carbocycles. The normalized spacial score (nSPS) is 8.00. The largest absolute Gasteiger partial charge is 0.0984 e. The lowest BCUT2D eigenvalue weighted by molar-refractivity contribution is 1.62. The van der Waals surface area contributed by atoms with Crippen LogP contribution in [0, 0.1) is 0 Å². The van der Waals surface area contributed by atoms with Crippen LogP contribution in [0.3, 0.4) is 0 Å². The summed E-state index contributed by atoms with van der Waals surface area (Å²) in [5.41, 5.74) is 2.27. The number of hydrogen-bond donors (Lipinski definition) is 0. The summed E-state index contributed by atoms with van der Waals surface area (Å²) in [6.45, 7) is 7.38. The van der Waals surface area contributed by atoms with E-state index >= 15 is 0 Å². The molecule has 0 N–H and O–H groups in total. The van der Waals surface area contributed by atoms with Gasteiger partial charge in [0.15, 0.2) is 0 Å². The van der Waals surface area contributed by atoms with Crippen molar-refractivity contribution in [2.24, 2.45) is 0 Å². The molecule has 0 amide bonds. The van der Waals surface area contributed by atoms with Crippen molar-refractivity contribution in [2.75, 3.05) is 0 Å². The molecule has 0 spiro atoms. The first kappa shape index (κ1) is 10.5. The molecule has 11 heavy (non-hydrogen) atoms. The van der Waals surface area contributed by atoms with Gasteiger partial charge < -0.3 is 0 Å². The SMILES string of the molecule is C=Cc1ccccc1C=C.[Mg]. The highest BCUT2D eigenvalue weighted by molar-refractivity contribution is 5.75. The zero-order valence-corrected chi connectivity index (χ0v) is 8.00. The van der Waals surface area contributed by atoms with Gasteiger partial charge in [-0.3, -0.25) is 0 Å². The molecular formula is C10H10Mg. The molecule has 2 radical (unpaired) electrons. The second-order valence-electron chi connectivity index (χ2n) is 2.04. The van der Waals surface area contributed by atoms with Crippen molar-refractivity contribution in [3.63, 3.8) is 0 Å². The highest BCUT2D eigenvalue weighted by Crippen LogP contribution is 2.10. The molecule has 0 saturated carbocycles. The molecule has 0 aromatic heterocycles. The van der Waals surface area contributed by atoms with Crippen LogP contribution in [0.4, 0.5) is 0 Å². The van der Waals surface area contributed by atoms with Gasteiger partial charge in [0.25, 0.3) is 0 Å². The zero-order chi connectivity index (χ0) is 7.40. The first-order valence-corrected chi connectivity index (χ1v) is 3.22. The molecule has 0 unspecified atom stereocenters. The number of benzene rings is 1. The lowest BCUT2D eigenvalue weighted by atomic mass is 10.1. The van der Waals surface area contributed by atoms with E-state index in [0.717, 1.165) is 11.1 Å². The third kappa shape index (κ3) is 2.52. The van der Waals surface area contributed by atoms with Crippen LogP contribution in [-0.2, 0) is 0 Å². The third-order valence-electron chi connectivity index (χ3n) is 1.44. The molecule has 1 aromatic carbocycles. The van der Waals surface area contributed by atoms with E-state index in [4.69, 9.17) is 0 Å². The molecular weight excluding hydrogens is 144 g/mol. The maximum Gasteiger partial charge on any atom is 0 e. The van der Waals surface area contributed by atoms with Crippen LogP contribution in [-0.4, -0.2) is 23.1 Å². The molecule has 1 heteroatoms. The maximum atomic E-state index is 3.69. The van der Waals surface area contributed by atoms with Crippen molar-refractivity contribution in [1.82, 2.24) is 0 Å². The molecule has 0 aliphatic rings. The average molecular weight is 154 g/mol. The van der Waals surface area contributed by atoms with Gasteiger partial charge in [-0.05, 0) is 11.1 Å². The van der Waals surface area contributed by atoms with E-state index < -0.39 is 0 Å². The molecule has 0 saturated heterocycles. The fourth-order valence-corrected chi connectivity index (χ4v) is 0.883. The third-order valence-corrected chi connectivity index (χ3v) is 1.44. The highest BCUT2D eigenvalue weighted by Gasteiger charge is 1.89. The van der Waals surface area contributed by atoms with Crippen molar-refractivity contribution in [2.45, 2.75) is 0 Å². The molecule has 0 aliphatic heterocycles. The van der Waals surface area contributed by atoms with Crippen LogP contribution in [0.25, 0.3) is 12.2 Å². The van der Waals surface area contributed by atoms with E-state index in [0.29, 0.717) is 0 Å². The van der Waals surface area contributed by atoms with Crippen molar-refractivity contribution in [1.29, 1.82) is 0 Å². The van der Waals surface area contributed by atoms with E-state index in [1.165, 1.54) is 0 Å². The van der Waals surface area contributed by atoms with Gasteiger partial charge >= 0.3 is 0 Å². The zero-order valence-electron chi connectivity index (χ0n) is 6.59. The predicted molar refractivity (Wildman–Crippen MR) is 52.4 cm³/mol. The fraction of sp³-hybridized carbons (Fsp3) is 0. The summed E-state index contributed by atoms with van der Waals surface area (Å²) in [4.78, 5) is 0. The Hall–Kier alpha value is -0.534. The maximum absolute atomic E-state index is 3.69. The molecule has 0 nitrogen and oxygen atoms in total. The van der Waals surface area contributed by atoms with Crippen molar-refractivity contribution in [3.8, 4) is 0 Å². The van der Waals surface area contributed by atoms with Gasteiger partial charge in [0.2, 0.25) is 0 Å². The summed E-state index contributed by atoms with van der Waals surface area (Å²) < 4.78 is 0. The van der Waals surface area contributed by atoms with E-state index in [-0.39, 0.29) is 23.1 Å². The lowest BCUT2D eigenvalue weighted by Gasteiger charge is -1.96. The Morgan fingerprint density at radius 2 is 1.27 bits per heavy atom. The minimum Gasteiger partial charge on any atom is -0.0984 e. The Labute approximate surface area is 83.8 Å². The summed E-state index contributed by atoms with van der Waals surface area (Å²) in [5.74, 6) is 0. The van der Waals surface area contributed by atoms with Gasteiger partial charge in [-0.1, -0.05) is 49.6 Å². The van der Waals surface area contributed by atoms with Gasteiger partial charge in [0.05, 0.1) is 0 Å². The molecule has 0 atom stereocenters. The second-order valence-corrected chi connectivity index (χ2v) is 2.04. The minimum absolute atomic E-state index is 0. The van der Waals surface area contributed by atoms with Crippen LogP contribution < -0.4 is 0 Å². The van der Waals surface area contributed by atoms with E-state index in [1.54, 1.807) is 0 Å². The Balaban J connectivity index is 0.000001000. The van der Waals surface area contributed by atoms with Gasteiger partial charge in [-0.2, -0.15) is 0 Å². The Morgan fingerprint density at radius 1 is 0.909 bits per heavy atom. The Bertz CT molecular complexity index is 224. The van der Waals surface area contributed by atoms with Gasteiger partial charge in [0.1, 0.15) is 0 Å². The summed E-state index contributed by atoms with van der Waals surface area (Å²) in [7, 11) is 0. The van der Waals surface area contributed by atoms with E-state index in [9.17, 15) is 0 Å². The van der Waals surface area contributed by atoms with Crippen LogP contribution >= 0.6 is 0 Å². The topological polar surface area (TPSA) is 0 Å². The molecule has 0 bridgehead atoms. The van der Waals surface area contributed by atoms with E-state index in [2.05, 4.69) is 13.2 Å². The minimum atomic E-state index is 0.